The van der Waals surface area contributed by atoms with Crippen molar-refractivity contribution < 1.29 is 37.3 Å². The number of phosphoric ester groups is 1. The van der Waals surface area contributed by atoms with Gasteiger partial charge in [-0.25, -0.2) is 4.57 Å². The van der Waals surface area contributed by atoms with E-state index >= 15 is 0 Å². The summed E-state index contributed by atoms with van der Waals surface area (Å²) in [7, 11) is 1.52. The van der Waals surface area contributed by atoms with Crippen LogP contribution in [0.15, 0.2) is 12.2 Å². The monoisotopic (exact) mass is 1140 g/mol. The third-order valence-electron chi connectivity index (χ3n) is 16.2. The van der Waals surface area contributed by atoms with Crippen molar-refractivity contribution in [1.29, 1.82) is 0 Å². The van der Waals surface area contributed by atoms with Crippen LogP contribution in [0.3, 0.4) is 0 Å². The zero-order valence-electron chi connectivity index (χ0n) is 53.9. The van der Waals surface area contributed by atoms with Crippen molar-refractivity contribution in [2.75, 3.05) is 40.9 Å². The highest BCUT2D eigenvalue weighted by Crippen LogP contribution is 2.43. The van der Waals surface area contributed by atoms with Gasteiger partial charge < -0.3 is 19.4 Å². The number of likely N-dealkylation sites (N-methyl/N-ethyl adjacent to an activating group) is 1. The Morgan fingerprint density at radius 2 is 0.722 bits per heavy atom. The molecule has 0 bridgehead atoms. The van der Waals surface area contributed by atoms with Crippen molar-refractivity contribution in [2.24, 2.45) is 0 Å². The fourth-order valence-electron chi connectivity index (χ4n) is 10.8. The van der Waals surface area contributed by atoms with Gasteiger partial charge in [0.25, 0.3) is 0 Å². The van der Waals surface area contributed by atoms with Crippen LogP contribution in [-0.2, 0) is 27.9 Å². The lowest BCUT2D eigenvalue weighted by Crippen LogP contribution is -2.47. The van der Waals surface area contributed by atoms with E-state index in [2.05, 4.69) is 26.1 Å². The molecular weight excluding hydrogens is 1000 g/mol. The van der Waals surface area contributed by atoms with E-state index < -0.39 is 20.0 Å². The van der Waals surface area contributed by atoms with Gasteiger partial charge in [0.05, 0.1) is 33.8 Å². The first-order chi connectivity index (χ1) is 38.4. The fourth-order valence-corrected chi connectivity index (χ4v) is 11.6. The molecule has 3 atom stereocenters. The number of rotatable bonds is 65. The van der Waals surface area contributed by atoms with E-state index in [1.54, 1.807) is 0 Å². The number of amides is 1. The molecule has 0 aliphatic rings. The molecule has 0 aromatic rings. The Balaban J connectivity index is 4.93. The number of unbranched alkanes of at least 4 members (excludes halogenated alkanes) is 49. The first-order valence-corrected chi connectivity index (χ1v) is 36.5. The van der Waals surface area contributed by atoms with Crippen molar-refractivity contribution in [3.8, 4) is 0 Å². The fraction of sp³-hybridized carbons (Fsp3) is 0.942. The highest BCUT2D eigenvalue weighted by Gasteiger charge is 2.30. The molecule has 79 heavy (non-hydrogen) atoms. The molecule has 470 valence electrons. The third-order valence-corrected chi connectivity index (χ3v) is 17.2. The van der Waals surface area contributed by atoms with Crippen molar-refractivity contribution in [3.05, 3.63) is 12.2 Å². The van der Waals surface area contributed by atoms with Crippen LogP contribution in [-0.4, -0.2) is 74.3 Å². The van der Waals surface area contributed by atoms with Crippen LogP contribution in [0.5, 0.6) is 0 Å². The van der Waals surface area contributed by atoms with Gasteiger partial charge in [0.2, 0.25) is 5.91 Å². The predicted octanol–water partition coefficient (Wildman–Crippen LogP) is 21.9. The topological polar surface area (TPSA) is 111 Å². The summed E-state index contributed by atoms with van der Waals surface area (Å²) < 4.78 is 30.8. The summed E-state index contributed by atoms with van der Waals surface area (Å²) in [5, 5.41) is 3.07. The van der Waals surface area contributed by atoms with Crippen molar-refractivity contribution >= 4 is 19.7 Å². The summed E-state index contributed by atoms with van der Waals surface area (Å²) in [6.07, 6.45) is 70.9. The maximum Gasteiger partial charge on any atom is 0.472 e. The number of carbonyl (C=O) groups excluding carboxylic acids is 2. The number of phosphoric acid groups is 1. The number of nitrogens with zero attached hydrogens (tertiary/aromatic N) is 1. The summed E-state index contributed by atoms with van der Waals surface area (Å²) in [6, 6.07) is -0.840. The lowest BCUT2D eigenvalue weighted by Gasteiger charge is -2.27. The van der Waals surface area contributed by atoms with Crippen molar-refractivity contribution in [1.82, 2.24) is 5.32 Å². The Bertz CT molecular complexity index is 1360. The van der Waals surface area contributed by atoms with Crippen LogP contribution < -0.4 is 5.32 Å². The molecule has 2 N–H and O–H groups in total. The molecule has 0 saturated heterocycles. The van der Waals surface area contributed by atoms with E-state index in [0.717, 1.165) is 57.8 Å². The highest BCUT2D eigenvalue weighted by atomic mass is 31.2. The van der Waals surface area contributed by atoms with Crippen LogP contribution >= 0.6 is 7.82 Å². The van der Waals surface area contributed by atoms with Gasteiger partial charge in [0, 0.05) is 12.8 Å². The Kier molecular flexibility index (Phi) is 58.9. The number of hydrogen-bond acceptors (Lipinski definition) is 6. The summed E-state index contributed by atoms with van der Waals surface area (Å²) in [5.74, 6) is -0.480. The van der Waals surface area contributed by atoms with Crippen LogP contribution in [0, 0.1) is 0 Å². The number of allylic oxidation sites excluding steroid dienone is 1. The molecule has 0 aromatic carbocycles. The van der Waals surface area contributed by atoms with E-state index in [1.807, 2.05) is 33.3 Å². The Labute approximate surface area is 492 Å². The molecule has 0 radical (unpaired) electrons. The van der Waals surface area contributed by atoms with Gasteiger partial charge in [-0.15, -0.1) is 0 Å². The molecule has 0 rings (SSSR count). The van der Waals surface area contributed by atoms with E-state index in [4.69, 9.17) is 13.8 Å². The minimum atomic E-state index is -4.44. The maximum absolute atomic E-state index is 13.6. The van der Waals surface area contributed by atoms with Crippen LogP contribution in [0.1, 0.15) is 367 Å². The molecule has 10 heteroatoms. The molecule has 0 aliphatic carbocycles. The summed E-state index contributed by atoms with van der Waals surface area (Å²) in [4.78, 5) is 37.8. The Hall–Kier alpha value is -1.25. The SMILES string of the molecule is CCCCCCCCCCCC/C=C\C(OC(=O)CCCCCCCCCCCCCCCCCCCCCCCCCCCCC)C(COP(=O)(O)OCC[N+](C)(C)C)NC(=O)CCCCCCCCCCCCCCCC. The minimum Gasteiger partial charge on any atom is -0.456 e. The number of hydrogen-bond donors (Lipinski definition) is 2. The quantitative estimate of drug-likeness (QED) is 0.0205. The van der Waals surface area contributed by atoms with Crippen LogP contribution in [0.4, 0.5) is 0 Å². The number of quaternary nitrogens is 1. The molecule has 9 nitrogen and oxygen atoms in total. The second-order valence-corrected chi connectivity index (χ2v) is 26.9. The number of nitrogens with one attached hydrogen (secondary N) is 1. The van der Waals surface area contributed by atoms with Gasteiger partial charge in [-0.1, -0.05) is 335 Å². The molecule has 0 aromatic heterocycles. The number of ether oxygens (including phenoxy) is 1. The molecule has 0 saturated carbocycles. The third kappa shape index (κ3) is 61.1. The first-order valence-electron chi connectivity index (χ1n) is 35.0. The summed E-state index contributed by atoms with van der Waals surface area (Å²) in [5.41, 5.74) is 0. The van der Waals surface area contributed by atoms with Gasteiger partial charge in [0.1, 0.15) is 19.3 Å². The lowest BCUT2D eigenvalue weighted by molar-refractivity contribution is -0.870. The predicted molar refractivity (Wildman–Crippen MR) is 342 cm³/mol. The van der Waals surface area contributed by atoms with Crippen LogP contribution in [0.25, 0.3) is 0 Å². The average Bonchev–Trinajstić information content (AvgIpc) is 3.41. The average molecular weight is 1140 g/mol. The molecule has 1 amide bonds. The molecule has 0 fully saturated rings. The van der Waals surface area contributed by atoms with Gasteiger partial charge in [-0.05, 0) is 31.8 Å². The van der Waals surface area contributed by atoms with E-state index in [1.165, 1.54) is 276 Å². The van der Waals surface area contributed by atoms with Crippen LogP contribution in [0.2, 0.25) is 0 Å². The summed E-state index contributed by atoms with van der Waals surface area (Å²) in [6.45, 7) is 7.08. The minimum absolute atomic E-state index is 0.0459. The first kappa shape index (κ1) is 77.8. The summed E-state index contributed by atoms with van der Waals surface area (Å²) >= 11 is 0. The van der Waals surface area contributed by atoms with Gasteiger partial charge >= 0.3 is 13.8 Å². The molecule has 0 heterocycles. The van der Waals surface area contributed by atoms with E-state index in [-0.39, 0.29) is 25.1 Å². The number of esters is 1. The maximum atomic E-state index is 13.6. The smallest absolute Gasteiger partial charge is 0.456 e. The highest BCUT2D eigenvalue weighted by molar-refractivity contribution is 7.47. The van der Waals surface area contributed by atoms with Crippen molar-refractivity contribution in [3.63, 3.8) is 0 Å². The van der Waals surface area contributed by atoms with Gasteiger partial charge in [-0.2, -0.15) is 0 Å². The van der Waals surface area contributed by atoms with Gasteiger partial charge in [0.15, 0.2) is 0 Å². The Morgan fingerprint density at radius 3 is 1.04 bits per heavy atom. The normalized spacial score (nSPS) is 13.6. The number of carbonyl (C=O) groups is 2. The van der Waals surface area contributed by atoms with E-state index in [0.29, 0.717) is 23.9 Å². The van der Waals surface area contributed by atoms with E-state index in [9.17, 15) is 19.0 Å². The molecular formula is C69H138N2O7P+. The second-order valence-electron chi connectivity index (χ2n) is 25.4. The zero-order chi connectivity index (χ0) is 57.9. The lowest BCUT2D eigenvalue weighted by atomic mass is 10.0. The molecule has 3 unspecified atom stereocenters. The molecule has 0 spiro atoms. The molecule has 0 aliphatic heterocycles. The zero-order valence-corrected chi connectivity index (χ0v) is 54.8. The largest absolute Gasteiger partial charge is 0.472 e. The standard InChI is InChI=1S/C69H137N2O7P/c1-7-10-13-16-19-22-25-28-30-31-32-33-34-35-36-37-38-39-40-41-42-44-47-50-53-56-59-62-69(73)78-67(60-57-54-51-48-45-27-24-21-18-15-12-9-3)66(65-77-79(74,75)76-64-63-71(4,5)6)70-68(72)61-58-55-52-49-46-43-29-26-23-20-17-14-11-8-2/h57,60,66-67H,7-56,58-59,61-65H2,1-6H3,(H-,70,72,74,75)/p+1/b60-57-. The second kappa shape index (κ2) is 59.9. The van der Waals surface area contributed by atoms with Crippen molar-refractivity contribution in [2.45, 2.75) is 380 Å². The van der Waals surface area contributed by atoms with Gasteiger partial charge in [-0.3, -0.25) is 18.6 Å². The Morgan fingerprint density at radius 1 is 0.430 bits per heavy atom.